The quantitative estimate of drug-likeness (QED) is 0.837. The van der Waals surface area contributed by atoms with Crippen molar-refractivity contribution in [2.75, 3.05) is 5.32 Å². The minimum Gasteiger partial charge on any atom is -0.453 e. The topological polar surface area (TPSA) is 60.2 Å². The summed E-state index contributed by atoms with van der Waals surface area (Å²) in [7, 11) is 0. The van der Waals surface area contributed by atoms with E-state index < -0.39 is 0 Å². The number of pyridine rings is 1. The number of nitrogens with one attached hydrogen (secondary N) is 1. The highest BCUT2D eigenvalue weighted by Crippen LogP contribution is 2.30. The largest absolute Gasteiger partial charge is 0.453 e. The highest BCUT2D eigenvalue weighted by atomic mass is 79.9. The minimum atomic E-state index is -0.332. The molecule has 0 radical (unpaired) electrons. The van der Waals surface area contributed by atoms with Gasteiger partial charge in [0, 0.05) is 16.7 Å². The van der Waals surface area contributed by atoms with Gasteiger partial charge in [-0.1, -0.05) is 0 Å². The Morgan fingerprint density at radius 3 is 2.68 bits per heavy atom. The van der Waals surface area contributed by atoms with Crippen molar-refractivity contribution in [2.45, 2.75) is 0 Å². The first-order valence-electron chi connectivity index (χ1n) is 5.20. The Morgan fingerprint density at radius 1 is 1.37 bits per heavy atom. The molecular weight excluding hydrogens is 333 g/mol. The second-order valence-electron chi connectivity index (χ2n) is 3.55. The molecule has 0 fully saturated rings. The zero-order chi connectivity index (χ0) is 13.8. The summed E-state index contributed by atoms with van der Waals surface area (Å²) in [5.41, 5.74) is 5.41. The molecule has 7 heteroatoms. The maximum absolute atomic E-state index is 12.8. The van der Waals surface area contributed by atoms with Crippen LogP contribution in [0, 0.1) is 5.82 Å². The molecular formula is C12H9BrFN3OS. The summed E-state index contributed by atoms with van der Waals surface area (Å²) >= 11 is 8.05. The number of rotatable bonds is 3. The maximum Gasteiger partial charge on any atom is 0.175 e. The summed E-state index contributed by atoms with van der Waals surface area (Å²) in [4.78, 5) is 4.11. The fourth-order valence-corrected chi connectivity index (χ4v) is 1.75. The van der Waals surface area contributed by atoms with Crippen LogP contribution in [-0.2, 0) is 0 Å². The summed E-state index contributed by atoms with van der Waals surface area (Å²) in [5.74, 6) is 0.960. The number of ether oxygens (including phenoxy) is 1. The Kier molecular flexibility index (Phi) is 4.28. The van der Waals surface area contributed by atoms with Crippen molar-refractivity contribution < 1.29 is 9.13 Å². The van der Waals surface area contributed by atoms with Gasteiger partial charge in [0.25, 0.3) is 0 Å². The Labute approximate surface area is 122 Å². The highest BCUT2D eigenvalue weighted by Gasteiger charge is 2.08. The van der Waals surface area contributed by atoms with Crippen LogP contribution in [0.5, 0.6) is 11.5 Å². The van der Waals surface area contributed by atoms with E-state index in [9.17, 15) is 4.39 Å². The van der Waals surface area contributed by atoms with E-state index in [1.807, 2.05) is 0 Å². The molecule has 0 aliphatic heterocycles. The Morgan fingerprint density at radius 2 is 2.05 bits per heavy atom. The van der Waals surface area contributed by atoms with Crippen molar-refractivity contribution in [1.29, 1.82) is 0 Å². The molecule has 0 aliphatic rings. The Balaban J connectivity index is 2.29. The van der Waals surface area contributed by atoms with Crippen LogP contribution in [-0.4, -0.2) is 10.1 Å². The maximum atomic E-state index is 12.8. The first-order valence-corrected chi connectivity index (χ1v) is 6.40. The van der Waals surface area contributed by atoms with Crippen molar-refractivity contribution in [3.05, 3.63) is 46.8 Å². The molecule has 1 heterocycles. The number of benzene rings is 1. The molecule has 3 N–H and O–H groups in total. The molecule has 0 saturated heterocycles. The number of hydrogen-bond acceptors (Lipinski definition) is 3. The molecule has 2 aromatic rings. The Hall–Kier alpha value is -1.73. The molecule has 4 nitrogen and oxygen atoms in total. The van der Waals surface area contributed by atoms with E-state index in [4.69, 9.17) is 22.7 Å². The number of aromatic nitrogens is 1. The number of hydrogen-bond donors (Lipinski definition) is 2. The molecule has 0 saturated carbocycles. The van der Waals surface area contributed by atoms with Crippen molar-refractivity contribution >= 4 is 39.1 Å². The van der Waals surface area contributed by atoms with Gasteiger partial charge < -0.3 is 15.8 Å². The molecule has 0 atom stereocenters. The lowest BCUT2D eigenvalue weighted by Crippen LogP contribution is -2.20. The number of anilines is 1. The predicted octanol–water partition coefficient (Wildman–Crippen LogP) is 3.43. The van der Waals surface area contributed by atoms with E-state index in [2.05, 4.69) is 26.2 Å². The molecule has 0 spiro atoms. The van der Waals surface area contributed by atoms with Gasteiger partial charge in [0.2, 0.25) is 0 Å². The predicted molar refractivity (Wildman–Crippen MR) is 78.8 cm³/mol. The van der Waals surface area contributed by atoms with Crippen LogP contribution in [0.4, 0.5) is 10.2 Å². The molecule has 0 amide bonds. The van der Waals surface area contributed by atoms with Gasteiger partial charge in [-0.15, -0.1) is 0 Å². The molecule has 1 aromatic carbocycles. The summed E-state index contributed by atoms with van der Waals surface area (Å²) in [5, 5.41) is 2.79. The summed E-state index contributed by atoms with van der Waals surface area (Å²) < 4.78 is 19.2. The zero-order valence-electron chi connectivity index (χ0n) is 9.56. The molecule has 1 aromatic heterocycles. The molecule has 0 unspecified atom stereocenters. The van der Waals surface area contributed by atoms with Crippen LogP contribution in [0.15, 0.2) is 41.0 Å². The number of nitrogens with two attached hydrogens (primary N) is 1. The van der Waals surface area contributed by atoms with Gasteiger partial charge in [-0.05, 0) is 52.4 Å². The number of halogens is 2. The van der Waals surface area contributed by atoms with Crippen LogP contribution < -0.4 is 15.8 Å². The molecule has 0 bridgehead atoms. The minimum absolute atomic E-state index is 0.0822. The highest BCUT2D eigenvalue weighted by molar-refractivity contribution is 9.10. The average Bonchev–Trinajstić information content (AvgIpc) is 2.35. The second kappa shape index (κ2) is 5.94. The normalized spacial score (nSPS) is 10.0. The number of thiocarbonyl (C=S) groups is 1. The van der Waals surface area contributed by atoms with Gasteiger partial charge in [-0.2, -0.15) is 0 Å². The fraction of sp³-hybridized carbons (Fsp3) is 0. The lowest BCUT2D eigenvalue weighted by molar-refractivity contribution is 0.480. The van der Waals surface area contributed by atoms with E-state index in [-0.39, 0.29) is 10.9 Å². The molecule has 98 valence electrons. The smallest absolute Gasteiger partial charge is 0.175 e. The van der Waals surface area contributed by atoms with Gasteiger partial charge in [0.1, 0.15) is 11.6 Å². The van der Waals surface area contributed by atoms with E-state index >= 15 is 0 Å². The van der Waals surface area contributed by atoms with Gasteiger partial charge >= 0.3 is 0 Å². The summed E-state index contributed by atoms with van der Waals surface area (Å²) in [6.07, 6.45) is 1.58. The van der Waals surface area contributed by atoms with Crippen LogP contribution in [0.1, 0.15) is 0 Å². The third-order valence-electron chi connectivity index (χ3n) is 2.10. The van der Waals surface area contributed by atoms with Gasteiger partial charge in [0.15, 0.2) is 16.7 Å². The van der Waals surface area contributed by atoms with Crippen molar-refractivity contribution in [2.24, 2.45) is 5.73 Å². The van der Waals surface area contributed by atoms with Gasteiger partial charge in [-0.25, -0.2) is 9.37 Å². The lowest BCUT2D eigenvalue weighted by atomic mass is 10.3. The van der Waals surface area contributed by atoms with Crippen molar-refractivity contribution in [3.8, 4) is 11.5 Å². The van der Waals surface area contributed by atoms with Gasteiger partial charge in [-0.3, -0.25) is 0 Å². The van der Waals surface area contributed by atoms with E-state index in [1.54, 1.807) is 12.3 Å². The zero-order valence-corrected chi connectivity index (χ0v) is 12.0. The lowest BCUT2D eigenvalue weighted by Gasteiger charge is -2.11. The van der Waals surface area contributed by atoms with E-state index in [0.29, 0.717) is 17.3 Å². The first-order chi connectivity index (χ1) is 9.04. The van der Waals surface area contributed by atoms with Crippen LogP contribution in [0.2, 0.25) is 0 Å². The molecule has 0 aliphatic carbocycles. The molecule has 19 heavy (non-hydrogen) atoms. The van der Waals surface area contributed by atoms with Crippen LogP contribution in [0.25, 0.3) is 0 Å². The third-order valence-corrected chi connectivity index (χ3v) is 2.64. The SMILES string of the molecule is NC(=S)Nc1ncc(Br)cc1Oc1ccc(F)cc1. The Bertz CT molecular complexity index is 606. The van der Waals surface area contributed by atoms with E-state index in [1.165, 1.54) is 24.3 Å². The summed E-state index contributed by atoms with van der Waals surface area (Å²) in [6.45, 7) is 0. The summed E-state index contributed by atoms with van der Waals surface area (Å²) in [6, 6.07) is 7.35. The number of nitrogens with zero attached hydrogens (tertiary/aromatic N) is 1. The average molecular weight is 342 g/mol. The van der Waals surface area contributed by atoms with Crippen LogP contribution >= 0.6 is 28.1 Å². The molecule has 2 rings (SSSR count). The monoisotopic (exact) mass is 341 g/mol. The van der Waals surface area contributed by atoms with Crippen molar-refractivity contribution in [3.63, 3.8) is 0 Å². The third kappa shape index (κ3) is 3.87. The van der Waals surface area contributed by atoms with E-state index in [0.717, 1.165) is 4.47 Å². The standard InChI is InChI=1S/C12H9BrFN3OS/c13-7-5-10(11(16-6-7)17-12(15)19)18-9-3-1-8(14)2-4-9/h1-6H,(H3,15,16,17,19). The van der Waals surface area contributed by atoms with Crippen LogP contribution in [0.3, 0.4) is 0 Å². The fourth-order valence-electron chi connectivity index (χ4n) is 1.34. The van der Waals surface area contributed by atoms with Gasteiger partial charge in [0.05, 0.1) is 0 Å². The second-order valence-corrected chi connectivity index (χ2v) is 4.90. The first kappa shape index (κ1) is 13.7. The van der Waals surface area contributed by atoms with Crippen molar-refractivity contribution in [1.82, 2.24) is 4.98 Å².